The first kappa shape index (κ1) is 15.8. The minimum atomic E-state index is -0.777. The molecule has 6 heteroatoms. The van der Waals surface area contributed by atoms with Crippen molar-refractivity contribution in [2.75, 3.05) is 13.1 Å². The maximum atomic E-state index is 12.3. The molecule has 114 valence electrons. The third kappa shape index (κ3) is 4.20. The van der Waals surface area contributed by atoms with E-state index in [2.05, 4.69) is 15.9 Å². The molecule has 1 N–H and O–H groups in total. The summed E-state index contributed by atoms with van der Waals surface area (Å²) in [5.74, 6) is -0.583. The lowest BCUT2D eigenvalue weighted by molar-refractivity contribution is -0.147. The third-order valence-electron chi connectivity index (χ3n) is 3.61. The van der Waals surface area contributed by atoms with Crippen LogP contribution in [0.25, 0.3) is 0 Å². The van der Waals surface area contributed by atoms with Gasteiger partial charge in [-0.3, -0.25) is 9.59 Å². The molecule has 1 aliphatic heterocycles. The van der Waals surface area contributed by atoms with Crippen molar-refractivity contribution in [1.29, 1.82) is 0 Å². The van der Waals surface area contributed by atoms with E-state index in [-0.39, 0.29) is 11.8 Å². The second kappa shape index (κ2) is 6.93. The number of amides is 1. The van der Waals surface area contributed by atoms with E-state index in [9.17, 15) is 9.59 Å². The fourth-order valence-electron chi connectivity index (χ4n) is 2.40. The monoisotopic (exact) mass is 355 g/mol. The molecular weight excluding hydrogens is 338 g/mol. The molecule has 1 amide bonds. The first-order valence-corrected chi connectivity index (χ1v) is 7.70. The van der Waals surface area contributed by atoms with Crippen LogP contribution < -0.4 is 4.74 Å². The molecule has 1 fully saturated rings. The average Bonchev–Trinajstić information content (AvgIpc) is 2.46. The van der Waals surface area contributed by atoms with Gasteiger partial charge in [-0.1, -0.05) is 22.0 Å². The van der Waals surface area contributed by atoms with Gasteiger partial charge in [0.15, 0.2) is 6.10 Å². The Balaban J connectivity index is 1.90. The summed E-state index contributed by atoms with van der Waals surface area (Å²) in [6, 6.07) is 7.33. The molecule has 0 aromatic heterocycles. The number of halogens is 1. The van der Waals surface area contributed by atoms with E-state index in [4.69, 9.17) is 9.84 Å². The van der Waals surface area contributed by atoms with E-state index >= 15 is 0 Å². The number of aliphatic carboxylic acids is 1. The number of hydrogen-bond acceptors (Lipinski definition) is 3. The van der Waals surface area contributed by atoms with Crippen LogP contribution in [0.5, 0.6) is 5.75 Å². The summed E-state index contributed by atoms with van der Waals surface area (Å²) in [5, 5.41) is 8.96. The Kier molecular flexibility index (Phi) is 5.22. The molecule has 2 rings (SSSR count). The minimum absolute atomic E-state index is 0.0983. The van der Waals surface area contributed by atoms with Gasteiger partial charge in [-0.05, 0) is 38.0 Å². The number of nitrogens with zero attached hydrogens (tertiary/aromatic N) is 1. The summed E-state index contributed by atoms with van der Waals surface area (Å²) in [5.41, 5.74) is 0. The second-order valence-electron chi connectivity index (χ2n) is 5.16. The lowest BCUT2D eigenvalue weighted by Gasteiger charge is -2.32. The molecular formula is C15H18BrNO4. The summed E-state index contributed by atoms with van der Waals surface area (Å²) >= 11 is 3.35. The Bertz CT molecular complexity index is 526. The summed E-state index contributed by atoms with van der Waals surface area (Å²) in [6.07, 6.45) is 0.427. The van der Waals surface area contributed by atoms with Crippen LogP contribution in [-0.4, -0.2) is 41.1 Å². The molecule has 1 atom stereocenters. The molecule has 0 bridgehead atoms. The maximum absolute atomic E-state index is 12.3. The standard InChI is InChI=1S/C15H18BrNO4/c1-10(21-13-4-2-3-12(16)9-13)14(18)17-7-5-11(6-8-17)15(19)20/h2-4,9-11H,5-8H2,1H3,(H,19,20)/t10-/m0/s1. The number of benzene rings is 1. The predicted octanol–water partition coefficient (Wildman–Crippen LogP) is 2.54. The Morgan fingerprint density at radius 3 is 2.62 bits per heavy atom. The SMILES string of the molecule is C[C@H](Oc1cccc(Br)c1)C(=O)N1CCC(C(=O)O)CC1. The third-order valence-corrected chi connectivity index (χ3v) is 4.11. The molecule has 1 aliphatic rings. The van der Waals surface area contributed by atoms with Gasteiger partial charge in [-0.2, -0.15) is 0 Å². The van der Waals surface area contributed by atoms with E-state index in [1.165, 1.54) is 0 Å². The fraction of sp³-hybridized carbons (Fsp3) is 0.467. The van der Waals surface area contributed by atoms with Crippen LogP contribution in [0.3, 0.4) is 0 Å². The van der Waals surface area contributed by atoms with Crippen molar-refractivity contribution in [2.24, 2.45) is 5.92 Å². The number of carbonyl (C=O) groups excluding carboxylic acids is 1. The molecule has 1 aromatic carbocycles. The van der Waals surface area contributed by atoms with E-state index in [0.29, 0.717) is 31.7 Å². The van der Waals surface area contributed by atoms with Crippen molar-refractivity contribution < 1.29 is 19.4 Å². The minimum Gasteiger partial charge on any atom is -0.481 e. The molecule has 0 unspecified atom stereocenters. The van der Waals surface area contributed by atoms with Crippen molar-refractivity contribution >= 4 is 27.8 Å². The zero-order chi connectivity index (χ0) is 15.4. The van der Waals surface area contributed by atoms with Gasteiger partial charge in [0.25, 0.3) is 5.91 Å². The quantitative estimate of drug-likeness (QED) is 0.900. The van der Waals surface area contributed by atoms with Crippen LogP contribution in [0.2, 0.25) is 0 Å². The maximum Gasteiger partial charge on any atom is 0.306 e. The molecule has 0 aliphatic carbocycles. The van der Waals surface area contributed by atoms with Gasteiger partial charge in [-0.25, -0.2) is 0 Å². The zero-order valence-electron chi connectivity index (χ0n) is 11.8. The highest BCUT2D eigenvalue weighted by atomic mass is 79.9. The summed E-state index contributed by atoms with van der Waals surface area (Å²) in [7, 11) is 0. The van der Waals surface area contributed by atoms with Gasteiger partial charge >= 0.3 is 5.97 Å². The molecule has 1 heterocycles. The molecule has 0 radical (unpaired) electrons. The average molecular weight is 356 g/mol. The number of rotatable bonds is 4. The second-order valence-corrected chi connectivity index (χ2v) is 6.07. The zero-order valence-corrected chi connectivity index (χ0v) is 13.4. The predicted molar refractivity (Wildman–Crippen MR) is 81.2 cm³/mol. The van der Waals surface area contributed by atoms with Gasteiger partial charge in [-0.15, -0.1) is 0 Å². The molecule has 0 spiro atoms. The van der Waals surface area contributed by atoms with Gasteiger partial charge in [0, 0.05) is 17.6 Å². The van der Waals surface area contributed by atoms with E-state index in [1.807, 2.05) is 12.1 Å². The van der Waals surface area contributed by atoms with Gasteiger partial charge in [0.05, 0.1) is 5.92 Å². The van der Waals surface area contributed by atoms with Crippen LogP contribution in [0.15, 0.2) is 28.7 Å². The van der Waals surface area contributed by atoms with Crippen molar-refractivity contribution in [2.45, 2.75) is 25.9 Å². The highest BCUT2D eigenvalue weighted by Gasteiger charge is 2.29. The molecule has 1 aromatic rings. The lowest BCUT2D eigenvalue weighted by atomic mass is 9.97. The number of likely N-dealkylation sites (tertiary alicyclic amines) is 1. The number of carboxylic acid groups (broad SMARTS) is 1. The number of piperidine rings is 1. The molecule has 1 saturated heterocycles. The van der Waals surface area contributed by atoms with Crippen molar-refractivity contribution in [3.8, 4) is 5.75 Å². The molecule has 5 nitrogen and oxygen atoms in total. The highest BCUT2D eigenvalue weighted by Crippen LogP contribution is 2.21. The van der Waals surface area contributed by atoms with E-state index in [0.717, 1.165) is 4.47 Å². The van der Waals surface area contributed by atoms with Gasteiger partial charge < -0.3 is 14.7 Å². The van der Waals surface area contributed by atoms with Crippen molar-refractivity contribution in [1.82, 2.24) is 4.90 Å². The summed E-state index contributed by atoms with van der Waals surface area (Å²) in [6.45, 7) is 2.66. The van der Waals surface area contributed by atoms with Crippen LogP contribution in [0, 0.1) is 5.92 Å². The van der Waals surface area contributed by atoms with Crippen LogP contribution in [0.1, 0.15) is 19.8 Å². The Morgan fingerprint density at radius 1 is 1.38 bits per heavy atom. The highest BCUT2D eigenvalue weighted by molar-refractivity contribution is 9.10. The Labute approximate surface area is 132 Å². The van der Waals surface area contributed by atoms with E-state index in [1.54, 1.807) is 24.0 Å². The van der Waals surface area contributed by atoms with Crippen molar-refractivity contribution in [3.63, 3.8) is 0 Å². The topological polar surface area (TPSA) is 66.8 Å². The fourth-order valence-corrected chi connectivity index (χ4v) is 2.78. The Hall–Kier alpha value is -1.56. The van der Waals surface area contributed by atoms with Gasteiger partial charge in [0.2, 0.25) is 0 Å². The number of carbonyl (C=O) groups is 2. The number of carboxylic acids is 1. The number of ether oxygens (including phenoxy) is 1. The molecule has 0 saturated carbocycles. The normalized spacial score (nSPS) is 17.3. The largest absolute Gasteiger partial charge is 0.481 e. The molecule has 21 heavy (non-hydrogen) atoms. The van der Waals surface area contributed by atoms with Crippen LogP contribution in [0.4, 0.5) is 0 Å². The van der Waals surface area contributed by atoms with Gasteiger partial charge in [0.1, 0.15) is 5.75 Å². The summed E-state index contributed by atoms with van der Waals surface area (Å²) < 4.78 is 6.54. The van der Waals surface area contributed by atoms with Crippen LogP contribution in [-0.2, 0) is 9.59 Å². The first-order valence-electron chi connectivity index (χ1n) is 6.91. The Morgan fingerprint density at radius 2 is 2.05 bits per heavy atom. The first-order chi connectivity index (χ1) is 9.97. The number of hydrogen-bond donors (Lipinski definition) is 1. The van der Waals surface area contributed by atoms with E-state index < -0.39 is 12.1 Å². The lowest BCUT2D eigenvalue weighted by Crippen LogP contribution is -2.45. The summed E-state index contributed by atoms with van der Waals surface area (Å²) in [4.78, 5) is 24.9. The smallest absolute Gasteiger partial charge is 0.306 e. The van der Waals surface area contributed by atoms with Crippen LogP contribution >= 0.6 is 15.9 Å². The van der Waals surface area contributed by atoms with Crippen molar-refractivity contribution in [3.05, 3.63) is 28.7 Å².